The molecule has 0 amide bonds. The van der Waals surface area contributed by atoms with Gasteiger partial charge in [0, 0.05) is 20.7 Å². The van der Waals surface area contributed by atoms with E-state index in [1.165, 1.54) is 6.07 Å². The van der Waals surface area contributed by atoms with Crippen molar-refractivity contribution >= 4 is 43.5 Å². The lowest BCUT2D eigenvalue weighted by Gasteiger charge is -2.06. The zero-order valence-electron chi connectivity index (χ0n) is 8.98. The first-order valence-corrected chi connectivity index (χ1v) is 6.52. The lowest BCUT2D eigenvalue weighted by molar-refractivity contribution is 0.0685. The maximum Gasteiger partial charge on any atom is 0.358 e. The molecule has 0 saturated heterocycles. The van der Waals surface area contributed by atoms with Crippen LogP contribution in [-0.4, -0.2) is 16.2 Å². The number of hydrogen-bond acceptors (Lipinski definition) is 4. The lowest BCUT2D eigenvalue weighted by Crippen LogP contribution is -1.99. The van der Waals surface area contributed by atoms with Crippen LogP contribution in [0.3, 0.4) is 0 Å². The number of anilines is 1. The van der Waals surface area contributed by atoms with Crippen molar-refractivity contribution < 1.29 is 14.4 Å². The Balaban J connectivity index is 2.06. The highest BCUT2D eigenvalue weighted by Gasteiger charge is 2.10. The van der Waals surface area contributed by atoms with Gasteiger partial charge in [-0.3, -0.25) is 0 Å². The molecule has 7 heteroatoms. The molecule has 18 heavy (non-hydrogen) atoms. The largest absolute Gasteiger partial charge is 0.476 e. The van der Waals surface area contributed by atoms with Crippen LogP contribution in [0.4, 0.5) is 5.69 Å². The predicted octanol–water partition coefficient (Wildman–Crippen LogP) is 3.51. The zero-order valence-corrected chi connectivity index (χ0v) is 12.2. The first kappa shape index (κ1) is 13.1. The Morgan fingerprint density at radius 2 is 2.17 bits per heavy atom. The van der Waals surface area contributed by atoms with Gasteiger partial charge in [-0.15, -0.1) is 0 Å². The quantitative estimate of drug-likeness (QED) is 0.855. The van der Waals surface area contributed by atoms with Crippen molar-refractivity contribution in [2.75, 3.05) is 5.32 Å². The van der Waals surface area contributed by atoms with Crippen LogP contribution in [0.15, 0.2) is 37.7 Å². The summed E-state index contributed by atoms with van der Waals surface area (Å²) in [6, 6.07) is 7.10. The van der Waals surface area contributed by atoms with E-state index in [9.17, 15) is 4.79 Å². The molecule has 0 radical (unpaired) electrons. The smallest absolute Gasteiger partial charge is 0.358 e. The minimum absolute atomic E-state index is 0.0971. The Labute approximate surface area is 119 Å². The zero-order chi connectivity index (χ0) is 13.1. The molecule has 5 nitrogen and oxygen atoms in total. The fraction of sp³-hybridized carbons (Fsp3) is 0.0909. The van der Waals surface area contributed by atoms with Gasteiger partial charge in [-0.05, 0) is 34.1 Å². The highest BCUT2D eigenvalue weighted by molar-refractivity contribution is 9.11. The van der Waals surface area contributed by atoms with Crippen LogP contribution >= 0.6 is 31.9 Å². The van der Waals surface area contributed by atoms with Gasteiger partial charge in [0.15, 0.2) is 11.5 Å². The van der Waals surface area contributed by atoms with Crippen LogP contribution in [0, 0.1) is 0 Å². The number of rotatable bonds is 4. The van der Waals surface area contributed by atoms with Gasteiger partial charge in [-0.2, -0.15) is 0 Å². The van der Waals surface area contributed by atoms with Crippen molar-refractivity contribution in [3.8, 4) is 0 Å². The number of halogens is 2. The molecule has 2 N–H and O–H groups in total. The number of carbonyl (C=O) groups is 1. The highest BCUT2D eigenvalue weighted by Crippen LogP contribution is 2.26. The van der Waals surface area contributed by atoms with Crippen molar-refractivity contribution in [3.63, 3.8) is 0 Å². The van der Waals surface area contributed by atoms with Gasteiger partial charge in [-0.25, -0.2) is 4.79 Å². The third kappa shape index (κ3) is 3.11. The van der Waals surface area contributed by atoms with E-state index in [4.69, 9.17) is 9.63 Å². The minimum Gasteiger partial charge on any atom is -0.476 e. The number of carboxylic acid groups (broad SMARTS) is 1. The molecule has 0 bridgehead atoms. The Morgan fingerprint density at radius 3 is 2.83 bits per heavy atom. The summed E-state index contributed by atoms with van der Waals surface area (Å²) in [7, 11) is 0. The van der Waals surface area contributed by atoms with E-state index < -0.39 is 5.97 Å². The van der Waals surface area contributed by atoms with E-state index in [-0.39, 0.29) is 5.69 Å². The number of hydrogen-bond donors (Lipinski definition) is 2. The Morgan fingerprint density at radius 1 is 1.39 bits per heavy atom. The molecule has 0 saturated carbocycles. The van der Waals surface area contributed by atoms with Gasteiger partial charge in [0.2, 0.25) is 0 Å². The maximum atomic E-state index is 10.6. The van der Waals surface area contributed by atoms with Crippen molar-refractivity contribution in [2.45, 2.75) is 6.54 Å². The number of nitrogens with zero attached hydrogens (tertiary/aromatic N) is 1. The number of carboxylic acids is 1. The van der Waals surface area contributed by atoms with Crippen molar-refractivity contribution in [2.24, 2.45) is 0 Å². The van der Waals surface area contributed by atoms with E-state index in [1.54, 1.807) is 0 Å². The van der Waals surface area contributed by atoms with Gasteiger partial charge in [0.05, 0.1) is 6.54 Å². The third-order valence-electron chi connectivity index (χ3n) is 2.16. The van der Waals surface area contributed by atoms with E-state index >= 15 is 0 Å². The van der Waals surface area contributed by atoms with Gasteiger partial charge in [0.1, 0.15) is 0 Å². The molecule has 0 unspecified atom stereocenters. The number of aromatic carboxylic acids is 1. The monoisotopic (exact) mass is 374 g/mol. The van der Waals surface area contributed by atoms with Crippen LogP contribution in [-0.2, 0) is 6.54 Å². The van der Waals surface area contributed by atoms with E-state index in [0.29, 0.717) is 12.3 Å². The topological polar surface area (TPSA) is 75.4 Å². The van der Waals surface area contributed by atoms with Gasteiger partial charge >= 0.3 is 5.97 Å². The minimum atomic E-state index is -1.10. The molecule has 2 rings (SSSR count). The fourth-order valence-electron chi connectivity index (χ4n) is 1.31. The van der Waals surface area contributed by atoms with Crippen LogP contribution in [0.1, 0.15) is 16.2 Å². The van der Waals surface area contributed by atoms with E-state index in [0.717, 1.165) is 14.6 Å². The number of aromatic nitrogens is 1. The summed E-state index contributed by atoms with van der Waals surface area (Å²) < 4.78 is 6.75. The maximum absolute atomic E-state index is 10.6. The molecule has 0 fully saturated rings. The molecule has 1 aromatic carbocycles. The van der Waals surface area contributed by atoms with E-state index in [1.807, 2.05) is 18.2 Å². The molecule has 1 aromatic heterocycles. The number of nitrogens with one attached hydrogen (secondary N) is 1. The van der Waals surface area contributed by atoms with Gasteiger partial charge in [-0.1, -0.05) is 21.1 Å². The highest BCUT2D eigenvalue weighted by atomic mass is 79.9. The van der Waals surface area contributed by atoms with Crippen LogP contribution < -0.4 is 5.32 Å². The molecule has 0 aliphatic heterocycles. The summed E-state index contributed by atoms with van der Waals surface area (Å²) in [6.45, 7) is 0.356. The molecule has 2 aromatic rings. The average molecular weight is 376 g/mol. The first-order chi connectivity index (χ1) is 8.56. The van der Waals surface area contributed by atoms with E-state index in [2.05, 4.69) is 42.3 Å². The predicted molar refractivity (Wildman–Crippen MR) is 72.6 cm³/mol. The second-order valence-corrected chi connectivity index (χ2v) is 5.23. The van der Waals surface area contributed by atoms with Crippen LogP contribution in [0.25, 0.3) is 0 Å². The van der Waals surface area contributed by atoms with Crippen molar-refractivity contribution in [1.82, 2.24) is 5.16 Å². The van der Waals surface area contributed by atoms with Crippen molar-refractivity contribution in [3.05, 3.63) is 44.7 Å². The summed E-state index contributed by atoms with van der Waals surface area (Å²) in [5.74, 6) is -0.645. The van der Waals surface area contributed by atoms with Crippen LogP contribution in [0.2, 0.25) is 0 Å². The summed E-state index contributed by atoms with van der Waals surface area (Å²) in [6.07, 6.45) is 0. The Kier molecular flexibility index (Phi) is 4.03. The fourth-order valence-corrected chi connectivity index (χ4v) is 2.06. The SMILES string of the molecule is O=C(O)c1cc(CNc2cc(Br)ccc2Br)on1. The standard InChI is InChI=1S/C11H8Br2N2O3/c12-6-1-2-8(13)9(3-6)14-5-7-4-10(11(16)17)15-18-7/h1-4,14H,5H2,(H,16,17). The normalized spacial score (nSPS) is 10.3. The molecular formula is C11H8Br2N2O3. The summed E-state index contributed by atoms with van der Waals surface area (Å²) in [4.78, 5) is 10.6. The third-order valence-corrected chi connectivity index (χ3v) is 3.34. The summed E-state index contributed by atoms with van der Waals surface area (Å²) in [5.41, 5.74) is 0.776. The van der Waals surface area contributed by atoms with Gasteiger partial charge in [0.25, 0.3) is 0 Å². The van der Waals surface area contributed by atoms with Gasteiger partial charge < -0.3 is 14.9 Å². The Hall–Kier alpha value is -1.34. The molecule has 0 atom stereocenters. The average Bonchev–Trinajstić information content (AvgIpc) is 2.79. The molecule has 94 valence electrons. The molecule has 0 aliphatic rings. The lowest BCUT2D eigenvalue weighted by atomic mass is 10.3. The number of benzene rings is 1. The van der Waals surface area contributed by atoms with Crippen LogP contribution in [0.5, 0.6) is 0 Å². The summed E-state index contributed by atoms with van der Waals surface area (Å²) in [5, 5.41) is 15.3. The molecule has 1 heterocycles. The molecular weight excluding hydrogens is 368 g/mol. The van der Waals surface area contributed by atoms with Crippen molar-refractivity contribution in [1.29, 1.82) is 0 Å². The summed E-state index contributed by atoms with van der Waals surface area (Å²) >= 11 is 6.78. The molecule has 0 spiro atoms. The molecule has 0 aliphatic carbocycles. The second kappa shape index (κ2) is 5.53. The Bertz CT molecular complexity index is 583. The first-order valence-electron chi connectivity index (χ1n) is 4.94. The second-order valence-electron chi connectivity index (χ2n) is 3.46.